The minimum Gasteiger partial charge on any atom is -0.378 e. The number of carbonyl (C=O) groups is 1. The van der Waals surface area contributed by atoms with Crippen LogP contribution in [0.4, 0.5) is 0 Å². The van der Waals surface area contributed by atoms with Crippen molar-refractivity contribution >= 4 is 11.9 Å². The van der Waals surface area contributed by atoms with E-state index in [0.717, 1.165) is 38.5 Å². The summed E-state index contributed by atoms with van der Waals surface area (Å²) in [6.07, 6.45) is 9.53. The van der Waals surface area contributed by atoms with Crippen LogP contribution in [0.5, 0.6) is 0 Å². The number of nitrogens with one attached hydrogen (secondary N) is 2. The number of guanidine groups is 1. The molecule has 2 saturated carbocycles. The highest BCUT2D eigenvalue weighted by molar-refractivity contribution is 5.81. The molecule has 6 nitrogen and oxygen atoms in total. The summed E-state index contributed by atoms with van der Waals surface area (Å²) in [4.78, 5) is 18.3. The van der Waals surface area contributed by atoms with Crippen LogP contribution >= 0.6 is 0 Å². The lowest BCUT2D eigenvalue weighted by atomic mass is 9.55. The Kier molecular flexibility index (Phi) is 6.43. The number of amides is 1. The minimum atomic E-state index is 0.247. The van der Waals surface area contributed by atoms with Gasteiger partial charge in [0.1, 0.15) is 0 Å². The first-order valence-corrected chi connectivity index (χ1v) is 10.5. The maximum Gasteiger partial charge on any atom is 0.222 e. The summed E-state index contributed by atoms with van der Waals surface area (Å²) in [5, 5.41) is 7.24. The number of aliphatic imine (C=N–C) groups is 1. The molecule has 3 aliphatic rings. The fourth-order valence-electron chi connectivity index (χ4n) is 5.12. The van der Waals surface area contributed by atoms with E-state index in [1.807, 2.05) is 18.9 Å². The van der Waals surface area contributed by atoms with Crippen molar-refractivity contribution in [3.05, 3.63) is 0 Å². The van der Waals surface area contributed by atoms with E-state index in [2.05, 4.69) is 22.5 Å². The molecule has 2 N–H and O–H groups in total. The van der Waals surface area contributed by atoms with E-state index in [1.165, 1.54) is 32.1 Å². The van der Waals surface area contributed by atoms with Crippen molar-refractivity contribution in [3.8, 4) is 0 Å². The molecule has 1 heterocycles. The topological polar surface area (TPSA) is 66.0 Å². The zero-order valence-corrected chi connectivity index (χ0v) is 16.7. The lowest BCUT2D eigenvalue weighted by Gasteiger charge is -2.58. The van der Waals surface area contributed by atoms with Crippen molar-refractivity contribution in [2.45, 2.75) is 83.4 Å². The van der Waals surface area contributed by atoms with Crippen LogP contribution in [0.3, 0.4) is 0 Å². The molecular formula is C20H36N4O2. The molecule has 3 fully saturated rings. The first-order chi connectivity index (χ1) is 12.6. The number of hydrogen-bond acceptors (Lipinski definition) is 3. The standard InChI is InChI=1S/C20H36N4O2/c1-4-18(25)24-12-9-15(14-24)22-19(21-3)23-16-13-17(26-5-2)20(16)10-7-6-8-11-20/h15-17H,4-14H2,1-3H3,(H2,21,22,23). The predicted molar refractivity (Wildman–Crippen MR) is 104 cm³/mol. The first kappa shape index (κ1) is 19.5. The Morgan fingerprint density at radius 3 is 2.65 bits per heavy atom. The second-order valence-corrected chi connectivity index (χ2v) is 8.07. The quantitative estimate of drug-likeness (QED) is 0.580. The van der Waals surface area contributed by atoms with E-state index in [9.17, 15) is 4.79 Å². The fraction of sp³-hybridized carbons (Fsp3) is 0.900. The molecule has 0 radical (unpaired) electrons. The van der Waals surface area contributed by atoms with Crippen molar-refractivity contribution in [2.75, 3.05) is 26.7 Å². The molecule has 2 aliphatic carbocycles. The van der Waals surface area contributed by atoms with Crippen LogP contribution in [0, 0.1) is 5.41 Å². The van der Waals surface area contributed by atoms with Gasteiger partial charge < -0.3 is 20.3 Å². The molecule has 3 atom stereocenters. The van der Waals surface area contributed by atoms with Crippen molar-refractivity contribution in [1.29, 1.82) is 0 Å². The Hall–Kier alpha value is -1.30. The van der Waals surface area contributed by atoms with Gasteiger partial charge in [0.2, 0.25) is 5.91 Å². The number of hydrogen-bond donors (Lipinski definition) is 2. The van der Waals surface area contributed by atoms with Crippen molar-refractivity contribution in [2.24, 2.45) is 10.4 Å². The summed E-state index contributed by atoms with van der Waals surface area (Å²) in [7, 11) is 1.84. The summed E-state index contributed by atoms with van der Waals surface area (Å²) >= 11 is 0. The first-order valence-electron chi connectivity index (χ1n) is 10.5. The monoisotopic (exact) mass is 364 g/mol. The van der Waals surface area contributed by atoms with Crippen LogP contribution < -0.4 is 10.6 Å². The molecule has 0 aromatic carbocycles. The molecule has 3 unspecified atom stereocenters. The smallest absolute Gasteiger partial charge is 0.222 e. The van der Waals surface area contributed by atoms with E-state index in [0.29, 0.717) is 24.6 Å². The maximum atomic E-state index is 11.9. The summed E-state index contributed by atoms with van der Waals surface area (Å²) in [5.41, 5.74) is 0.283. The third-order valence-electron chi connectivity index (χ3n) is 6.66. The maximum absolute atomic E-state index is 11.9. The third-order valence-corrected chi connectivity index (χ3v) is 6.66. The SMILES string of the molecule is CCOC1CC(NC(=NC)NC2CCN(C(=O)CC)C2)C12CCCCC2. The summed E-state index contributed by atoms with van der Waals surface area (Å²) in [5.74, 6) is 1.13. The summed E-state index contributed by atoms with van der Waals surface area (Å²) in [6, 6.07) is 0.738. The third kappa shape index (κ3) is 3.85. The molecule has 1 amide bonds. The molecule has 26 heavy (non-hydrogen) atoms. The number of ether oxygens (including phenoxy) is 1. The van der Waals surface area contributed by atoms with Gasteiger partial charge in [0, 0.05) is 50.7 Å². The molecule has 3 rings (SSSR count). The number of carbonyl (C=O) groups excluding carboxylic acids is 1. The average Bonchev–Trinajstić information content (AvgIpc) is 3.14. The fourth-order valence-corrected chi connectivity index (χ4v) is 5.12. The Bertz CT molecular complexity index is 516. The van der Waals surface area contributed by atoms with Crippen LogP contribution in [0.15, 0.2) is 4.99 Å². The minimum absolute atomic E-state index is 0.247. The van der Waals surface area contributed by atoms with E-state index in [1.54, 1.807) is 0 Å². The molecule has 6 heteroatoms. The van der Waals surface area contributed by atoms with Gasteiger partial charge >= 0.3 is 0 Å². The van der Waals surface area contributed by atoms with Crippen LogP contribution in [-0.2, 0) is 9.53 Å². The van der Waals surface area contributed by atoms with Gasteiger partial charge in [-0.3, -0.25) is 9.79 Å². The molecule has 0 aromatic rings. The van der Waals surface area contributed by atoms with Gasteiger partial charge in [-0.25, -0.2) is 0 Å². The lowest BCUT2D eigenvalue weighted by Crippen LogP contribution is -2.67. The van der Waals surface area contributed by atoms with Crippen molar-refractivity contribution < 1.29 is 9.53 Å². The van der Waals surface area contributed by atoms with E-state index < -0.39 is 0 Å². The zero-order chi connectivity index (χ0) is 18.6. The highest BCUT2D eigenvalue weighted by Crippen LogP contribution is 2.53. The van der Waals surface area contributed by atoms with Gasteiger partial charge in [-0.05, 0) is 32.6 Å². The summed E-state index contributed by atoms with van der Waals surface area (Å²) < 4.78 is 6.06. The van der Waals surface area contributed by atoms with Gasteiger partial charge in [0.25, 0.3) is 0 Å². The second-order valence-electron chi connectivity index (χ2n) is 8.07. The molecule has 0 aromatic heterocycles. The Morgan fingerprint density at radius 2 is 2.00 bits per heavy atom. The van der Waals surface area contributed by atoms with E-state index >= 15 is 0 Å². The van der Waals surface area contributed by atoms with E-state index in [4.69, 9.17) is 4.74 Å². The van der Waals surface area contributed by atoms with Gasteiger partial charge in [-0.1, -0.05) is 26.2 Å². The second kappa shape index (κ2) is 8.59. The highest BCUT2D eigenvalue weighted by Gasteiger charge is 2.55. The van der Waals surface area contributed by atoms with Crippen LogP contribution in [0.1, 0.15) is 65.2 Å². The molecule has 0 bridgehead atoms. The van der Waals surface area contributed by atoms with Crippen LogP contribution in [0.2, 0.25) is 0 Å². The molecule has 1 saturated heterocycles. The molecule has 1 aliphatic heterocycles. The van der Waals surface area contributed by atoms with Gasteiger partial charge in [-0.2, -0.15) is 0 Å². The molecule has 1 spiro atoms. The number of nitrogens with zero attached hydrogens (tertiary/aromatic N) is 2. The predicted octanol–water partition coefficient (Wildman–Crippen LogP) is 2.29. The van der Waals surface area contributed by atoms with Gasteiger partial charge in [0.15, 0.2) is 5.96 Å². The largest absolute Gasteiger partial charge is 0.378 e. The summed E-state index contributed by atoms with van der Waals surface area (Å²) in [6.45, 7) is 6.46. The number of rotatable bonds is 5. The highest BCUT2D eigenvalue weighted by atomic mass is 16.5. The van der Waals surface area contributed by atoms with Crippen LogP contribution in [0.25, 0.3) is 0 Å². The average molecular weight is 365 g/mol. The molecule has 148 valence electrons. The lowest BCUT2D eigenvalue weighted by molar-refractivity contribution is -0.145. The Labute approximate surface area is 158 Å². The Morgan fingerprint density at radius 1 is 1.23 bits per heavy atom. The van der Waals surface area contributed by atoms with Crippen molar-refractivity contribution in [1.82, 2.24) is 15.5 Å². The zero-order valence-electron chi connectivity index (χ0n) is 16.7. The van der Waals surface area contributed by atoms with Gasteiger partial charge in [-0.15, -0.1) is 0 Å². The Balaban J connectivity index is 1.56. The van der Waals surface area contributed by atoms with Crippen LogP contribution in [-0.4, -0.2) is 61.7 Å². The number of likely N-dealkylation sites (tertiary alicyclic amines) is 1. The molecular weight excluding hydrogens is 328 g/mol. The van der Waals surface area contributed by atoms with E-state index in [-0.39, 0.29) is 11.3 Å². The van der Waals surface area contributed by atoms with Gasteiger partial charge in [0.05, 0.1) is 6.10 Å². The normalized spacial score (nSPS) is 31.0. The van der Waals surface area contributed by atoms with Crippen molar-refractivity contribution in [3.63, 3.8) is 0 Å².